The van der Waals surface area contributed by atoms with Crippen molar-refractivity contribution in [1.82, 2.24) is 5.32 Å². The standard InChI is InChI=1S/C12H12N2O3/c13-7-10(14-12(15)16)6-8-1-2-11-9(5-8)3-4-17-11/h1-2,5,10,14H,3-4,6H2,(H,15,16)/t10-/m0/s1. The number of hydrogen-bond donors (Lipinski definition) is 2. The molecule has 1 amide bonds. The van der Waals surface area contributed by atoms with Gasteiger partial charge in [0, 0.05) is 12.8 Å². The lowest BCUT2D eigenvalue weighted by molar-refractivity contribution is 0.192. The van der Waals surface area contributed by atoms with Gasteiger partial charge in [-0.05, 0) is 17.2 Å². The van der Waals surface area contributed by atoms with Gasteiger partial charge < -0.3 is 15.2 Å². The Morgan fingerprint density at radius 1 is 1.65 bits per heavy atom. The van der Waals surface area contributed by atoms with Crippen LogP contribution in [0.1, 0.15) is 11.1 Å². The van der Waals surface area contributed by atoms with Crippen molar-refractivity contribution in [1.29, 1.82) is 5.26 Å². The molecule has 0 aromatic heterocycles. The first-order valence-electron chi connectivity index (χ1n) is 5.32. The highest BCUT2D eigenvalue weighted by Gasteiger charge is 2.15. The molecule has 1 aliphatic heterocycles. The summed E-state index contributed by atoms with van der Waals surface area (Å²) in [5.41, 5.74) is 2.06. The highest BCUT2D eigenvalue weighted by atomic mass is 16.5. The molecule has 0 radical (unpaired) electrons. The Bertz CT molecular complexity index is 479. The minimum absolute atomic E-state index is 0.371. The fourth-order valence-electron chi connectivity index (χ4n) is 1.88. The van der Waals surface area contributed by atoms with Crippen LogP contribution < -0.4 is 10.1 Å². The van der Waals surface area contributed by atoms with Crippen LogP contribution >= 0.6 is 0 Å². The third-order valence-electron chi connectivity index (χ3n) is 2.65. The number of carboxylic acid groups (broad SMARTS) is 1. The second kappa shape index (κ2) is 4.74. The molecule has 0 saturated carbocycles. The van der Waals surface area contributed by atoms with Gasteiger partial charge in [0.2, 0.25) is 0 Å². The number of nitriles is 1. The summed E-state index contributed by atoms with van der Waals surface area (Å²) in [5, 5.41) is 19.6. The lowest BCUT2D eigenvalue weighted by Gasteiger charge is -2.09. The molecule has 0 fully saturated rings. The van der Waals surface area contributed by atoms with Crippen molar-refractivity contribution in [2.24, 2.45) is 0 Å². The van der Waals surface area contributed by atoms with E-state index in [0.717, 1.165) is 23.3 Å². The van der Waals surface area contributed by atoms with Crippen LogP contribution in [0.4, 0.5) is 4.79 Å². The monoisotopic (exact) mass is 232 g/mol. The zero-order chi connectivity index (χ0) is 12.3. The Balaban J connectivity index is 2.08. The summed E-state index contributed by atoms with van der Waals surface area (Å²) in [6.45, 7) is 0.688. The number of amides is 1. The van der Waals surface area contributed by atoms with Crippen LogP contribution in [0.5, 0.6) is 5.75 Å². The number of rotatable bonds is 3. The molecule has 5 nitrogen and oxygen atoms in total. The van der Waals surface area contributed by atoms with E-state index >= 15 is 0 Å². The summed E-state index contributed by atoms with van der Waals surface area (Å²) in [6.07, 6.45) is 0.0593. The molecule has 2 N–H and O–H groups in total. The Morgan fingerprint density at radius 3 is 3.18 bits per heavy atom. The van der Waals surface area contributed by atoms with E-state index in [9.17, 15) is 4.79 Å². The lowest BCUT2D eigenvalue weighted by Crippen LogP contribution is -2.34. The van der Waals surface area contributed by atoms with E-state index in [-0.39, 0.29) is 0 Å². The maximum Gasteiger partial charge on any atom is 0.405 e. The van der Waals surface area contributed by atoms with Crippen molar-refractivity contribution < 1.29 is 14.6 Å². The molecule has 1 heterocycles. The lowest BCUT2D eigenvalue weighted by atomic mass is 10.0. The number of benzene rings is 1. The minimum atomic E-state index is -1.18. The first-order chi connectivity index (χ1) is 8.19. The summed E-state index contributed by atoms with van der Waals surface area (Å²) >= 11 is 0. The molecule has 5 heteroatoms. The van der Waals surface area contributed by atoms with Gasteiger partial charge in [-0.1, -0.05) is 12.1 Å². The van der Waals surface area contributed by atoms with Crippen LogP contribution in [0.15, 0.2) is 18.2 Å². The van der Waals surface area contributed by atoms with Gasteiger partial charge in [-0.15, -0.1) is 0 Å². The van der Waals surface area contributed by atoms with Crippen molar-refractivity contribution in [2.45, 2.75) is 18.9 Å². The van der Waals surface area contributed by atoms with Crippen LogP contribution in [-0.4, -0.2) is 23.8 Å². The number of nitrogens with one attached hydrogen (secondary N) is 1. The zero-order valence-electron chi connectivity index (χ0n) is 9.14. The van der Waals surface area contributed by atoms with Gasteiger partial charge in [-0.25, -0.2) is 4.79 Å². The van der Waals surface area contributed by atoms with E-state index in [1.165, 1.54) is 0 Å². The van der Waals surface area contributed by atoms with Gasteiger partial charge >= 0.3 is 6.09 Å². The Kier molecular flexibility index (Phi) is 3.15. The normalized spacial score (nSPS) is 14.3. The number of carbonyl (C=O) groups is 1. The van der Waals surface area contributed by atoms with E-state index in [0.29, 0.717) is 13.0 Å². The van der Waals surface area contributed by atoms with Crippen molar-refractivity contribution in [3.05, 3.63) is 29.3 Å². The third-order valence-corrected chi connectivity index (χ3v) is 2.65. The first-order valence-corrected chi connectivity index (χ1v) is 5.32. The molecule has 17 heavy (non-hydrogen) atoms. The fraction of sp³-hybridized carbons (Fsp3) is 0.333. The molecule has 1 aromatic rings. The van der Waals surface area contributed by atoms with Crippen LogP contribution in [0.2, 0.25) is 0 Å². The molecular weight excluding hydrogens is 220 g/mol. The van der Waals surface area contributed by atoms with E-state index in [1.807, 2.05) is 24.3 Å². The van der Waals surface area contributed by atoms with Gasteiger partial charge in [0.1, 0.15) is 11.8 Å². The molecule has 1 aliphatic rings. The zero-order valence-corrected chi connectivity index (χ0v) is 9.14. The maximum absolute atomic E-state index is 10.5. The summed E-state index contributed by atoms with van der Waals surface area (Å²) in [6, 6.07) is 6.91. The summed E-state index contributed by atoms with van der Waals surface area (Å²) in [7, 11) is 0. The molecule has 0 aliphatic carbocycles. The predicted octanol–water partition coefficient (Wildman–Crippen LogP) is 1.32. The number of hydrogen-bond acceptors (Lipinski definition) is 3. The van der Waals surface area contributed by atoms with Crippen molar-refractivity contribution in [2.75, 3.05) is 6.61 Å². The smallest absolute Gasteiger partial charge is 0.405 e. The third kappa shape index (κ3) is 2.67. The summed E-state index contributed by atoms with van der Waals surface area (Å²) < 4.78 is 5.37. The molecule has 1 aromatic carbocycles. The largest absolute Gasteiger partial charge is 0.493 e. The minimum Gasteiger partial charge on any atom is -0.493 e. The molecule has 88 valence electrons. The fourth-order valence-corrected chi connectivity index (χ4v) is 1.88. The Hall–Kier alpha value is -2.22. The van der Waals surface area contributed by atoms with Gasteiger partial charge in [-0.3, -0.25) is 0 Å². The summed E-state index contributed by atoms with van der Waals surface area (Å²) in [4.78, 5) is 10.5. The molecule has 0 bridgehead atoms. The second-order valence-corrected chi connectivity index (χ2v) is 3.88. The van der Waals surface area contributed by atoms with Crippen LogP contribution in [0.3, 0.4) is 0 Å². The van der Waals surface area contributed by atoms with Crippen LogP contribution in [0.25, 0.3) is 0 Å². The quantitative estimate of drug-likeness (QED) is 0.823. The average Bonchev–Trinajstić information content (AvgIpc) is 2.74. The van der Waals surface area contributed by atoms with Crippen molar-refractivity contribution >= 4 is 6.09 Å². The highest BCUT2D eigenvalue weighted by Crippen LogP contribution is 2.26. The van der Waals surface area contributed by atoms with Crippen LogP contribution in [0, 0.1) is 11.3 Å². The highest BCUT2D eigenvalue weighted by molar-refractivity contribution is 5.65. The predicted molar refractivity (Wildman–Crippen MR) is 59.9 cm³/mol. The van der Waals surface area contributed by atoms with E-state index in [1.54, 1.807) is 0 Å². The SMILES string of the molecule is N#C[C@H](Cc1ccc2c(c1)CCO2)NC(=O)O. The Morgan fingerprint density at radius 2 is 2.47 bits per heavy atom. The number of ether oxygens (including phenoxy) is 1. The van der Waals surface area contributed by atoms with E-state index in [2.05, 4.69) is 5.32 Å². The van der Waals surface area contributed by atoms with Gasteiger partial charge in [0.15, 0.2) is 0 Å². The second-order valence-electron chi connectivity index (χ2n) is 3.88. The van der Waals surface area contributed by atoms with Gasteiger partial charge in [0.05, 0.1) is 12.7 Å². The number of nitrogens with zero attached hydrogens (tertiary/aromatic N) is 1. The molecule has 0 saturated heterocycles. The van der Waals surface area contributed by atoms with Crippen molar-refractivity contribution in [3.63, 3.8) is 0 Å². The van der Waals surface area contributed by atoms with E-state index in [4.69, 9.17) is 15.1 Å². The van der Waals surface area contributed by atoms with Gasteiger partial charge in [-0.2, -0.15) is 5.26 Å². The maximum atomic E-state index is 10.5. The molecule has 0 unspecified atom stereocenters. The first kappa shape index (κ1) is 11.3. The number of fused-ring (bicyclic) bond motifs is 1. The summed E-state index contributed by atoms with van der Waals surface area (Å²) in [5.74, 6) is 0.883. The molecule has 2 rings (SSSR count). The topological polar surface area (TPSA) is 82.3 Å². The Labute approximate surface area is 98.6 Å². The van der Waals surface area contributed by atoms with Crippen LogP contribution in [-0.2, 0) is 12.8 Å². The van der Waals surface area contributed by atoms with Crippen molar-refractivity contribution in [3.8, 4) is 11.8 Å². The van der Waals surface area contributed by atoms with Gasteiger partial charge in [0.25, 0.3) is 0 Å². The van der Waals surface area contributed by atoms with E-state index < -0.39 is 12.1 Å². The average molecular weight is 232 g/mol. The molecular formula is C12H12N2O3. The molecule has 0 spiro atoms. The molecule has 1 atom stereocenters.